The lowest BCUT2D eigenvalue weighted by atomic mass is 10.00. The van der Waals surface area contributed by atoms with Crippen LogP contribution in [-0.4, -0.2) is 0 Å². The summed E-state index contributed by atoms with van der Waals surface area (Å²) < 4.78 is 8.81. The summed E-state index contributed by atoms with van der Waals surface area (Å²) in [5.74, 6) is 0. The summed E-state index contributed by atoms with van der Waals surface area (Å²) in [5.41, 5.74) is 7.84. The monoisotopic (exact) mass is 594 g/mol. The number of halogens is 4. The molecule has 4 rings (SSSR count). The Kier molecular flexibility index (Phi) is 16.3. The SMILES string of the molecule is Cc1c[n+](C)ccc1-c1cc[n+](CCCCCC[n+]2ccc(-c3cc[n+](C)cc3)cc2)cc1C.[Cl-].[Cl-].[Cl-].[Cl-]. The van der Waals surface area contributed by atoms with E-state index in [1.54, 1.807) is 0 Å². The third-order valence-corrected chi connectivity index (χ3v) is 6.59. The molecule has 0 radical (unpaired) electrons. The first-order valence-corrected chi connectivity index (χ1v) is 12.4. The second-order valence-corrected chi connectivity index (χ2v) is 9.48. The average Bonchev–Trinajstić information content (AvgIpc) is 2.83. The van der Waals surface area contributed by atoms with E-state index in [4.69, 9.17) is 0 Å². The normalized spacial score (nSPS) is 9.89. The predicted molar refractivity (Wildman–Crippen MR) is 134 cm³/mol. The van der Waals surface area contributed by atoms with Crippen LogP contribution in [0, 0.1) is 13.8 Å². The van der Waals surface area contributed by atoms with Gasteiger partial charge in [-0.25, -0.2) is 18.3 Å². The van der Waals surface area contributed by atoms with Crippen molar-refractivity contribution in [1.82, 2.24) is 0 Å². The molecule has 0 aromatic carbocycles. The summed E-state index contributed by atoms with van der Waals surface area (Å²) in [4.78, 5) is 0. The van der Waals surface area contributed by atoms with Gasteiger partial charge in [0.2, 0.25) is 0 Å². The van der Waals surface area contributed by atoms with Crippen LogP contribution in [0.5, 0.6) is 0 Å². The number of pyridine rings is 4. The first kappa shape index (κ1) is 35.8. The zero-order valence-corrected chi connectivity index (χ0v) is 25.6. The standard InChI is InChI=1S/C30H38N4.4ClH/c1-25-23-32(4)19-13-29(25)30-14-22-34(24-26(30)2)16-8-6-5-7-15-33-20-11-28(12-21-33)27-9-17-31(3)18-10-27;;;;/h9-14,17-24H,5-8,15-16H2,1-4H3;4*1H/q+4;;;;/p-4. The maximum absolute atomic E-state index is 2.34. The molecule has 8 heteroatoms. The van der Waals surface area contributed by atoms with Crippen LogP contribution in [0.2, 0.25) is 0 Å². The highest BCUT2D eigenvalue weighted by molar-refractivity contribution is 5.68. The van der Waals surface area contributed by atoms with Crippen molar-refractivity contribution in [1.29, 1.82) is 0 Å². The minimum atomic E-state index is 0. The third kappa shape index (κ3) is 9.81. The first-order valence-electron chi connectivity index (χ1n) is 12.4. The van der Waals surface area contributed by atoms with Crippen molar-refractivity contribution in [2.45, 2.75) is 52.6 Å². The molecule has 0 amide bonds. The van der Waals surface area contributed by atoms with Crippen molar-refractivity contribution in [3.05, 3.63) is 97.1 Å². The molecular formula is C30H38Cl4N4. The number of nitrogens with zero attached hydrogens (tertiary/aromatic N) is 4. The third-order valence-electron chi connectivity index (χ3n) is 6.59. The summed E-state index contributed by atoms with van der Waals surface area (Å²) in [7, 11) is 4.12. The molecule has 4 nitrogen and oxygen atoms in total. The van der Waals surface area contributed by atoms with Crippen molar-refractivity contribution >= 4 is 0 Å². The van der Waals surface area contributed by atoms with Gasteiger partial charge in [-0.2, -0.15) is 0 Å². The number of hydrogen-bond acceptors (Lipinski definition) is 0. The van der Waals surface area contributed by atoms with Crippen molar-refractivity contribution in [3.8, 4) is 22.3 Å². The molecule has 0 saturated carbocycles. The van der Waals surface area contributed by atoms with Gasteiger partial charge in [-0.1, -0.05) is 0 Å². The number of rotatable bonds is 9. The maximum Gasteiger partial charge on any atom is 0.172 e. The second kappa shape index (κ2) is 17.4. The lowest BCUT2D eigenvalue weighted by Crippen LogP contribution is -3.00. The molecule has 0 saturated heterocycles. The van der Waals surface area contributed by atoms with E-state index in [2.05, 4.69) is 125 Å². The van der Waals surface area contributed by atoms with E-state index in [0.717, 1.165) is 13.1 Å². The summed E-state index contributed by atoms with van der Waals surface area (Å²) >= 11 is 0. The molecule has 0 spiro atoms. The molecule has 4 heterocycles. The van der Waals surface area contributed by atoms with Gasteiger partial charge in [0, 0.05) is 60.4 Å². The van der Waals surface area contributed by atoms with Crippen LogP contribution in [-0.2, 0) is 27.2 Å². The molecule has 206 valence electrons. The fourth-order valence-electron chi connectivity index (χ4n) is 4.58. The highest BCUT2D eigenvalue weighted by Gasteiger charge is 2.12. The van der Waals surface area contributed by atoms with Crippen molar-refractivity contribution < 1.29 is 67.9 Å². The van der Waals surface area contributed by atoms with Crippen molar-refractivity contribution in [2.24, 2.45) is 14.1 Å². The summed E-state index contributed by atoms with van der Waals surface area (Å²) in [6.07, 6.45) is 22.4. The van der Waals surface area contributed by atoms with Gasteiger partial charge in [-0.15, -0.1) is 0 Å². The van der Waals surface area contributed by atoms with E-state index in [0.29, 0.717) is 0 Å². The number of hydrogen-bond donors (Lipinski definition) is 0. The van der Waals surface area contributed by atoms with Crippen LogP contribution in [0.4, 0.5) is 0 Å². The fourth-order valence-corrected chi connectivity index (χ4v) is 4.58. The smallest absolute Gasteiger partial charge is 0.172 e. The van der Waals surface area contributed by atoms with Crippen molar-refractivity contribution in [3.63, 3.8) is 0 Å². The van der Waals surface area contributed by atoms with E-state index in [9.17, 15) is 0 Å². The Labute approximate surface area is 253 Å². The Morgan fingerprint density at radius 3 is 1.42 bits per heavy atom. The minimum absolute atomic E-state index is 0. The molecule has 0 bridgehead atoms. The molecule has 0 atom stereocenters. The zero-order chi connectivity index (χ0) is 23.9. The molecule has 0 fully saturated rings. The molecule has 0 unspecified atom stereocenters. The Bertz CT molecular complexity index is 1250. The van der Waals surface area contributed by atoms with Gasteiger partial charge in [0.25, 0.3) is 0 Å². The largest absolute Gasteiger partial charge is 1.00 e. The molecular weight excluding hydrogens is 558 g/mol. The van der Waals surface area contributed by atoms with Crippen LogP contribution < -0.4 is 67.9 Å². The van der Waals surface area contributed by atoms with Gasteiger partial charge >= 0.3 is 0 Å². The highest BCUT2D eigenvalue weighted by atomic mass is 35.5. The Hall–Kier alpha value is -2.24. The van der Waals surface area contributed by atoms with E-state index in [1.165, 1.54) is 59.1 Å². The molecule has 4 aromatic rings. The molecule has 0 aliphatic rings. The summed E-state index contributed by atoms with van der Waals surface area (Å²) in [5, 5.41) is 0. The fraction of sp³-hybridized carbons (Fsp3) is 0.333. The molecule has 0 aliphatic carbocycles. The van der Waals surface area contributed by atoms with E-state index in [-0.39, 0.29) is 49.6 Å². The van der Waals surface area contributed by atoms with Gasteiger partial charge in [-0.05, 0) is 48.9 Å². The van der Waals surface area contributed by atoms with Crippen LogP contribution in [0.3, 0.4) is 0 Å². The topological polar surface area (TPSA) is 15.5 Å². The van der Waals surface area contributed by atoms with E-state index >= 15 is 0 Å². The quantitative estimate of drug-likeness (QED) is 0.135. The lowest BCUT2D eigenvalue weighted by Gasteiger charge is -2.07. The van der Waals surface area contributed by atoms with Crippen LogP contribution in [0.25, 0.3) is 22.3 Å². The summed E-state index contributed by atoms with van der Waals surface area (Å²) in [6.45, 7) is 6.57. The van der Waals surface area contributed by atoms with E-state index < -0.39 is 0 Å². The Morgan fingerprint density at radius 2 is 0.895 bits per heavy atom. The van der Waals surface area contributed by atoms with Crippen LogP contribution in [0.1, 0.15) is 36.8 Å². The van der Waals surface area contributed by atoms with Gasteiger partial charge in [0.05, 0.1) is 0 Å². The number of aryl methyl sites for hydroxylation is 6. The number of aromatic nitrogens is 4. The molecule has 4 aromatic heterocycles. The van der Waals surface area contributed by atoms with Crippen LogP contribution >= 0.6 is 0 Å². The van der Waals surface area contributed by atoms with Gasteiger partial charge in [-0.3, -0.25) is 0 Å². The maximum atomic E-state index is 2.34. The van der Waals surface area contributed by atoms with Gasteiger partial charge in [0.15, 0.2) is 49.6 Å². The van der Waals surface area contributed by atoms with Gasteiger partial charge in [0.1, 0.15) is 27.2 Å². The number of unbranched alkanes of at least 4 members (excludes halogenated alkanes) is 3. The molecule has 38 heavy (non-hydrogen) atoms. The van der Waals surface area contributed by atoms with Crippen LogP contribution in [0.15, 0.2) is 86.0 Å². The minimum Gasteiger partial charge on any atom is -1.00 e. The highest BCUT2D eigenvalue weighted by Crippen LogP contribution is 2.24. The zero-order valence-electron chi connectivity index (χ0n) is 22.6. The summed E-state index contributed by atoms with van der Waals surface area (Å²) in [6, 6.07) is 13.2. The lowest BCUT2D eigenvalue weighted by molar-refractivity contribution is -0.699. The molecule has 0 N–H and O–H groups in total. The molecule has 0 aliphatic heterocycles. The Morgan fingerprint density at radius 1 is 0.474 bits per heavy atom. The van der Waals surface area contributed by atoms with E-state index in [1.807, 2.05) is 7.05 Å². The van der Waals surface area contributed by atoms with Gasteiger partial charge < -0.3 is 49.6 Å². The predicted octanol–water partition coefficient (Wildman–Crippen LogP) is -7.86. The first-order chi connectivity index (χ1) is 16.5. The average molecular weight is 596 g/mol. The second-order valence-electron chi connectivity index (χ2n) is 9.48. The Balaban J connectivity index is 0.00000342. The van der Waals surface area contributed by atoms with Crippen molar-refractivity contribution in [2.75, 3.05) is 0 Å².